The second-order valence-corrected chi connectivity index (χ2v) is 9.10. The van der Waals surface area contributed by atoms with Gasteiger partial charge in [-0.05, 0) is 37.8 Å². The summed E-state index contributed by atoms with van der Waals surface area (Å²) in [5.41, 5.74) is 6.52. The molecular formula is C35H25N4OPt2-3. The molecule has 3 heterocycles. The van der Waals surface area contributed by atoms with Crippen LogP contribution >= 0.6 is 0 Å². The van der Waals surface area contributed by atoms with Crippen molar-refractivity contribution in [3.8, 4) is 39.9 Å². The summed E-state index contributed by atoms with van der Waals surface area (Å²) in [6.07, 6.45) is 15.8. The Labute approximate surface area is 277 Å². The van der Waals surface area contributed by atoms with Gasteiger partial charge in [-0.3, -0.25) is 12.1 Å². The van der Waals surface area contributed by atoms with Crippen molar-refractivity contribution in [2.45, 2.75) is 13.8 Å². The Hall–Kier alpha value is -3.83. The van der Waals surface area contributed by atoms with Gasteiger partial charge in [0.05, 0.1) is 0 Å². The van der Waals surface area contributed by atoms with Crippen LogP contribution in [0.15, 0.2) is 91.7 Å². The number of hydrogen-bond acceptors (Lipinski definition) is 4. The summed E-state index contributed by atoms with van der Waals surface area (Å²) in [4.78, 5) is 8.44. The zero-order chi connectivity index (χ0) is 27.9. The third kappa shape index (κ3) is 8.35. The minimum atomic E-state index is 0. The van der Waals surface area contributed by atoms with Crippen molar-refractivity contribution < 1.29 is 46.9 Å². The molecule has 0 N–H and O–H groups in total. The summed E-state index contributed by atoms with van der Waals surface area (Å²) in [5.74, 6) is 1.17. The monoisotopic (exact) mass is 907 g/mol. The van der Waals surface area contributed by atoms with Gasteiger partial charge in [0.25, 0.3) is 0 Å². The van der Waals surface area contributed by atoms with Crippen LogP contribution in [0.5, 0.6) is 11.5 Å². The van der Waals surface area contributed by atoms with Crippen LogP contribution in [0.3, 0.4) is 0 Å². The molecular weight excluding hydrogens is 883 g/mol. The third-order valence-electron chi connectivity index (χ3n) is 5.95. The first-order chi connectivity index (χ1) is 19.5. The van der Waals surface area contributed by atoms with Crippen LogP contribution in [0.2, 0.25) is 0 Å². The quantitative estimate of drug-likeness (QED) is 0.140. The van der Waals surface area contributed by atoms with E-state index in [9.17, 15) is 0 Å². The zero-order valence-electron chi connectivity index (χ0n) is 23.1. The number of ether oxygens (including phenoxy) is 1. The maximum Gasteiger partial charge on any atom is 4.00 e. The Morgan fingerprint density at radius 1 is 0.952 bits per heavy atom. The number of aromatic nitrogens is 2. The molecule has 5 aromatic rings. The molecule has 0 unspecified atom stereocenters. The van der Waals surface area contributed by atoms with E-state index in [4.69, 9.17) is 11.2 Å². The van der Waals surface area contributed by atoms with Crippen LogP contribution in [0, 0.1) is 63.3 Å². The van der Waals surface area contributed by atoms with E-state index in [-0.39, 0.29) is 42.1 Å². The molecule has 0 saturated heterocycles. The van der Waals surface area contributed by atoms with E-state index in [0.29, 0.717) is 22.8 Å². The number of pyridine rings is 1. The normalized spacial score (nSPS) is 11.5. The Balaban J connectivity index is 0.000000474. The molecule has 3 aromatic carbocycles. The van der Waals surface area contributed by atoms with E-state index in [2.05, 4.69) is 61.3 Å². The molecule has 1 aliphatic heterocycles. The van der Waals surface area contributed by atoms with Crippen LogP contribution < -0.4 is 9.64 Å². The van der Waals surface area contributed by atoms with Crippen molar-refractivity contribution in [3.05, 3.63) is 146 Å². The molecule has 2 aromatic heterocycles. The molecule has 0 aliphatic carbocycles. The Bertz CT molecular complexity index is 1670. The SMILES string of the molecule is Cc1c[c-]c(-c2[c-]c(-c3[c-]ccc(Oc4[c-]c(N5C=CN(C)[CH-]5)ccc4)[c-]3)ncc2)c(C)c1.[C-]#Cn1cccc1.[Pt+4].[Pt]. The van der Waals surface area contributed by atoms with Crippen molar-refractivity contribution in [3.63, 3.8) is 0 Å². The topological polar surface area (TPSA) is 33.5 Å². The fourth-order valence-corrected chi connectivity index (χ4v) is 4.06. The number of rotatable bonds is 5. The molecule has 0 spiro atoms. The Morgan fingerprint density at radius 2 is 1.74 bits per heavy atom. The number of hydrogen-bond donors (Lipinski definition) is 0. The van der Waals surface area contributed by atoms with Crippen LogP contribution in [0.4, 0.5) is 5.69 Å². The first-order valence-corrected chi connectivity index (χ1v) is 12.6. The number of nitrogens with zero attached hydrogens (tertiary/aromatic N) is 4. The van der Waals surface area contributed by atoms with Crippen molar-refractivity contribution in [2.24, 2.45) is 0 Å². The average Bonchev–Trinajstić information content (AvgIpc) is 3.66. The summed E-state index contributed by atoms with van der Waals surface area (Å²) < 4.78 is 7.60. The second-order valence-electron chi connectivity index (χ2n) is 9.10. The van der Waals surface area contributed by atoms with Crippen molar-refractivity contribution in [1.29, 1.82) is 0 Å². The summed E-state index contributed by atoms with van der Waals surface area (Å²) >= 11 is 0. The molecule has 7 heteroatoms. The third-order valence-corrected chi connectivity index (χ3v) is 5.95. The summed E-state index contributed by atoms with van der Waals surface area (Å²) in [7, 11) is 1.98. The van der Waals surface area contributed by atoms with E-state index in [0.717, 1.165) is 22.4 Å². The predicted octanol–water partition coefficient (Wildman–Crippen LogP) is 7.05. The average molecular weight is 908 g/mol. The standard InChI is InChI=1S/C29H21N3O.C6H4N.2Pt/c1-21-10-11-28(22(2)16-21)23-12-13-30-29(18-23)24-6-4-8-26(17-24)33-27-9-5-7-25(19-27)32-15-14-31(3)20-32;1-2-7-5-3-4-6-7;;/h4-5,7-10,12-16,20H,1-3H3;3-6H;;/q-6;-1;;+4. The first-order valence-electron chi connectivity index (χ1n) is 12.6. The molecule has 0 fully saturated rings. The van der Waals surface area contributed by atoms with Gasteiger partial charge >= 0.3 is 21.1 Å². The molecule has 0 atom stereocenters. The molecule has 6 rings (SSSR count). The molecule has 42 heavy (non-hydrogen) atoms. The van der Waals surface area contributed by atoms with Crippen molar-refractivity contribution >= 4 is 5.69 Å². The summed E-state index contributed by atoms with van der Waals surface area (Å²) in [6, 6.07) is 37.9. The van der Waals surface area contributed by atoms with Gasteiger partial charge in [0.15, 0.2) is 0 Å². The molecule has 0 saturated carbocycles. The van der Waals surface area contributed by atoms with Gasteiger partial charge < -0.3 is 42.1 Å². The maximum atomic E-state index is 6.57. The molecule has 1 aliphatic rings. The number of anilines is 1. The van der Waals surface area contributed by atoms with Gasteiger partial charge in [0.2, 0.25) is 0 Å². The van der Waals surface area contributed by atoms with Crippen LogP contribution in [0.25, 0.3) is 22.4 Å². The number of aryl methyl sites for hydroxylation is 2. The molecule has 0 amide bonds. The van der Waals surface area contributed by atoms with Gasteiger partial charge in [-0.15, -0.1) is 35.5 Å². The summed E-state index contributed by atoms with van der Waals surface area (Å²) in [6.45, 7) is 6.12. The van der Waals surface area contributed by atoms with Crippen LogP contribution in [-0.4, -0.2) is 21.5 Å². The van der Waals surface area contributed by atoms with E-state index < -0.39 is 0 Å². The molecule has 214 valence electrons. The minimum absolute atomic E-state index is 0. The van der Waals surface area contributed by atoms with Gasteiger partial charge in [-0.25, -0.2) is 23.2 Å². The van der Waals surface area contributed by atoms with Gasteiger partial charge in [0.1, 0.15) is 0 Å². The van der Waals surface area contributed by atoms with E-state index in [1.54, 1.807) is 23.2 Å². The fourth-order valence-electron chi connectivity index (χ4n) is 4.06. The molecule has 5 nitrogen and oxygen atoms in total. The second kappa shape index (κ2) is 15.4. The van der Waals surface area contributed by atoms with Crippen molar-refractivity contribution in [1.82, 2.24) is 14.5 Å². The van der Waals surface area contributed by atoms with Crippen LogP contribution in [0.1, 0.15) is 11.1 Å². The summed E-state index contributed by atoms with van der Waals surface area (Å²) in [5, 5.41) is 0. The largest absolute Gasteiger partial charge is 4.00 e. The van der Waals surface area contributed by atoms with Gasteiger partial charge in [-0.1, -0.05) is 19.6 Å². The smallest absolute Gasteiger partial charge is 0.669 e. The predicted molar refractivity (Wildman–Crippen MR) is 156 cm³/mol. The maximum absolute atomic E-state index is 6.57. The van der Waals surface area contributed by atoms with Crippen molar-refractivity contribution in [2.75, 3.05) is 11.9 Å². The molecule has 0 bridgehead atoms. The van der Waals surface area contributed by atoms with Gasteiger partial charge in [-0.2, -0.15) is 48.3 Å². The first kappa shape index (κ1) is 32.7. The van der Waals surface area contributed by atoms with E-state index >= 15 is 0 Å². The van der Waals surface area contributed by atoms with Gasteiger partial charge in [0, 0.05) is 39.2 Å². The zero-order valence-corrected chi connectivity index (χ0v) is 27.6. The van der Waals surface area contributed by atoms with E-state index in [1.807, 2.05) is 90.5 Å². The molecule has 0 radical (unpaired) electrons. The Morgan fingerprint density at radius 3 is 2.43 bits per heavy atom. The number of benzene rings is 3. The fraction of sp³-hybridized carbons (Fsp3) is 0.0857. The Kier molecular flexibility index (Phi) is 12.0. The van der Waals surface area contributed by atoms with E-state index in [1.165, 1.54) is 5.56 Å². The van der Waals surface area contributed by atoms with Crippen LogP contribution in [-0.2, 0) is 42.1 Å². The minimum Gasteiger partial charge on any atom is -0.669 e.